The number of nitrogens with zero attached hydrogens (tertiary/aromatic N) is 5. The summed E-state index contributed by atoms with van der Waals surface area (Å²) in [4.78, 5) is 25.6. The fraction of sp³-hybridized carbons (Fsp3) is 0.273. The van der Waals surface area contributed by atoms with Crippen molar-refractivity contribution >= 4 is 34.2 Å². The highest BCUT2D eigenvalue weighted by molar-refractivity contribution is 6.33. The van der Waals surface area contributed by atoms with E-state index in [9.17, 15) is 4.79 Å². The molecule has 1 N–H and O–H groups in total. The fourth-order valence-electron chi connectivity index (χ4n) is 3.48. The lowest BCUT2D eigenvalue weighted by Crippen LogP contribution is -2.47. The number of halogens is 1. The average molecular weight is 421 g/mol. The van der Waals surface area contributed by atoms with Crippen LogP contribution in [-0.4, -0.2) is 58.9 Å². The van der Waals surface area contributed by atoms with Crippen LogP contribution < -0.4 is 5.32 Å². The van der Waals surface area contributed by atoms with Crippen molar-refractivity contribution in [3.63, 3.8) is 0 Å². The number of fused-ring (bicyclic) bond motifs is 1. The van der Waals surface area contributed by atoms with Gasteiger partial charge >= 0.3 is 0 Å². The number of rotatable bonds is 4. The Morgan fingerprint density at radius 1 is 1.17 bits per heavy atom. The number of nitriles is 1. The number of carbonyl (C=O) groups is 1. The quantitative estimate of drug-likeness (QED) is 0.697. The summed E-state index contributed by atoms with van der Waals surface area (Å²) in [5.41, 5.74) is 2.74. The number of aromatic nitrogens is 2. The molecule has 1 aromatic heterocycles. The molecule has 0 unspecified atom stereocenters. The van der Waals surface area contributed by atoms with Crippen molar-refractivity contribution in [3.05, 3.63) is 64.4 Å². The van der Waals surface area contributed by atoms with Crippen molar-refractivity contribution in [2.45, 2.75) is 6.54 Å². The van der Waals surface area contributed by atoms with E-state index >= 15 is 0 Å². The molecule has 4 rings (SSSR count). The number of piperazine rings is 1. The Bertz CT molecular complexity index is 1130. The molecule has 2 aromatic carbocycles. The molecule has 8 heteroatoms. The predicted octanol–water partition coefficient (Wildman–Crippen LogP) is 3.15. The molecule has 152 valence electrons. The molecular formula is C22H21ClN6O. The largest absolute Gasteiger partial charge is 0.365 e. The molecule has 0 bridgehead atoms. The molecule has 0 aliphatic carbocycles. The number of hydrogen-bond donors (Lipinski definition) is 1. The van der Waals surface area contributed by atoms with Crippen molar-refractivity contribution < 1.29 is 4.79 Å². The SMILES string of the molecule is CN1CCN(C(=O)c2cc(CNc3ncnc4ccc(C#N)cc34)ccc2Cl)CC1. The third kappa shape index (κ3) is 4.20. The molecule has 0 saturated carbocycles. The second-order valence-corrected chi connectivity index (χ2v) is 7.74. The van der Waals surface area contributed by atoms with Crippen molar-refractivity contribution in [1.29, 1.82) is 5.26 Å². The van der Waals surface area contributed by atoms with Gasteiger partial charge in [-0.1, -0.05) is 17.7 Å². The lowest BCUT2D eigenvalue weighted by molar-refractivity contribution is 0.0664. The summed E-state index contributed by atoms with van der Waals surface area (Å²) in [6.45, 7) is 3.57. The molecule has 1 aliphatic heterocycles. The minimum atomic E-state index is -0.0407. The first-order chi connectivity index (χ1) is 14.5. The van der Waals surface area contributed by atoms with Crippen LogP contribution in [0.25, 0.3) is 10.9 Å². The molecule has 30 heavy (non-hydrogen) atoms. The third-order valence-electron chi connectivity index (χ3n) is 5.28. The van der Waals surface area contributed by atoms with E-state index in [0.29, 0.717) is 41.6 Å². The van der Waals surface area contributed by atoms with Crippen LogP contribution in [0, 0.1) is 11.3 Å². The second-order valence-electron chi connectivity index (χ2n) is 7.33. The van der Waals surface area contributed by atoms with Gasteiger partial charge in [-0.2, -0.15) is 5.26 Å². The van der Waals surface area contributed by atoms with Crippen LogP contribution in [0.2, 0.25) is 5.02 Å². The highest BCUT2D eigenvalue weighted by Crippen LogP contribution is 2.23. The smallest absolute Gasteiger partial charge is 0.255 e. The zero-order valence-corrected chi connectivity index (χ0v) is 17.4. The monoisotopic (exact) mass is 420 g/mol. The Kier molecular flexibility index (Phi) is 5.79. The summed E-state index contributed by atoms with van der Waals surface area (Å²) in [5.74, 6) is 0.597. The Hall–Kier alpha value is -3.21. The maximum atomic E-state index is 13.0. The molecule has 0 radical (unpaired) electrons. The molecule has 0 atom stereocenters. The highest BCUT2D eigenvalue weighted by Gasteiger charge is 2.22. The number of anilines is 1. The van der Waals surface area contributed by atoms with Crippen LogP contribution in [0.4, 0.5) is 5.82 Å². The highest BCUT2D eigenvalue weighted by atomic mass is 35.5. The molecule has 3 aromatic rings. The van der Waals surface area contributed by atoms with Gasteiger partial charge in [0.2, 0.25) is 0 Å². The zero-order chi connectivity index (χ0) is 21.1. The lowest BCUT2D eigenvalue weighted by Gasteiger charge is -2.32. The van der Waals surface area contributed by atoms with E-state index in [1.807, 2.05) is 17.0 Å². The van der Waals surface area contributed by atoms with Gasteiger partial charge in [-0.25, -0.2) is 9.97 Å². The van der Waals surface area contributed by atoms with E-state index in [4.69, 9.17) is 16.9 Å². The van der Waals surface area contributed by atoms with E-state index in [1.165, 1.54) is 6.33 Å². The number of nitrogens with one attached hydrogen (secondary N) is 1. The second kappa shape index (κ2) is 8.66. The summed E-state index contributed by atoms with van der Waals surface area (Å²) >= 11 is 6.34. The molecule has 1 saturated heterocycles. The van der Waals surface area contributed by atoms with Crippen molar-refractivity contribution in [1.82, 2.24) is 19.8 Å². The third-order valence-corrected chi connectivity index (χ3v) is 5.61. The number of carbonyl (C=O) groups excluding carboxylic acids is 1. The van der Waals surface area contributed by atoms with Crippen LogP contribution in [-0.2, 0) is 6.54 Å². The maximum Gasteiger partial charge on any atom is 0.255 e. The lowest BCUT2D eigenvalue weighted by atomic mass is 10.1. The van der Waals surface area contributed by atoms with Crippen LogP contribution >= 0.6 is 11.6 Å². The first kappa shape index (κ1) is 20.1. The molecule has 2 heterocycles. The predicted molar refractivity (Wildman–Crippen MR) is 116 cm³/mol. The summed E-state index contributed by atoms with van der Waals surface area (Å²) in [5, 5.41) is 13.7. The van der Waals surface area contributed by atoms with Crippen molar-refractivity contribution in [3.8, 4) is 6.07 Å². The first-order valence-electron chi connectivity index (χ1n) is 9.70. The normalized spacial score (nSPS) is 14.5. The number of likely N-dealkylation sites (N-methyl/N-ethyl adjacent to an activating group) is 1. The van der Waals surface area contributed by atoms with Gasteiger partial charge in [0, 0.05) is 38.1 Å². The molecule has 1 fully saturated rings. The maximum absolute atomic E-state index is 13.0. The van der Waals surface area contributed by atoms with Gasteiger partial charge in [-0.3, -0.25) is 4.79 Å². The van der Waals surface area contributed by atoms with Gasteiger partial charge < -0.3 is 15.1 Å². The van der Waals surface area contributed by atoms with Gasteiger partial charge in [0.1, 0.15) is 12.1 Å². The molecule has 1 aliphatic rings. The Morgan fingerprint density at radius 3 is 2.73 bits per heavy atom. The van der Waals surface area contributed by atoms with Gasteiger partial charge in [-0.15, -0.1) is 0 Å². The Morgan fingerprint density at radius 2 is 1.97 bits per heavy atom. The summed E-state index contributed by atoms with van der Waals surface area (Å²) < 4.78 is 0. The van der Waals surface area contributed by atoms with Crippen LogP contribution in [0.5, 0.6) is 0 Å². The number of benzene rings is 2. The van der Waals surface area contributed by atoms with E-state index in [0.717, 1.165) is 29.6 Å². The van der Waals surface area contributed by atoms with E-state index in [2.05, 4.69) is 33.3 Å². The molecular weight excluding hydrogens is 400 g/mol. The topological polar surface area (TPSA) is 85.2 Å². The first-order valence-corrected chi connectivity index (χ1v) is 10.1. The zero-order valence-electron chi connectivity index (χ0n) is 16.6. The minimum absolute atomic E-state index is 0.0407. The summed E-state index contributed by atoms with van der Waals surface area (Å²) in [6, 6.07) is 12.9. The fourth-order valence-corrected chi connectivity index (χ4v) is 3.68. The van der Waals surface area contributed by atoms with Crippen LogP contribution in [0.3, 0.4) is 0 Å². The van der Waals surface area contributed by atoms with Gasteiger partial charge in [0.25, 0.3) is 5.91 Å². The van der Waals surface area contributed by atoms with Gasteiger partial charge in [-0.05, 0) is 42.9 Å². The van der Waals surface area contributed by atoms with Crippen molar-refractivity contribution in [2.24, 2.45) is 0 Å². The van der Waals surface area contributed by atoms with E-state index in [-0.39, 0.29) is 5.91 Å². The standard InChI is InChI=1S/C22H21ClN6O/c1-28-6-8-29(9-7-28)22(30)17-11-16(2-4-19(17)23)13-25-21-18-10-15(12-24)3-5-20(18)26-14-27-21/h2-5,10-11,14H,6-9,13H2,1H3,(H,25,26,27). The van der Waals surface area contributed by atoms with Crippen LogP contribution in [0.15, 0.2) is 42.7 Å². The minimum Gasteiger partial charge on any atom is -0.365 e. The van der Waals surface area contributed by atoms with Crippen molar-refractivity contribution in [2.75, 3.05) is 38.5 Å². The Balaban J connectivity index is 1.54. The van der Waals surface area contributed by atoms with E-state index < -0.39 is 0 Å². The summed E-state index contributed by atoms with van der Waals surface area (Å²) in [6.07, 6.45) is 1.49. The van der Waals surface area contributed by atoms with E-state index in [1.54, 1.807) is 24.3 Å². The number of hydrogen-bond acceptors (Lipinski definition) is 6. The Labute approximate surface area is 179 Å². The van der Waals surface area contributed by atoms with Gasteiger partial charge in [0.05, 0.1) is 27.7 Å². The van der Waals surface area contributed by atoms with Gasteiger partial charge in [0.15, 0.2) is 0 Å². The molecule has 7 nitrogen and oxygen atoms in total. The summed E-state index contributed by atoms with van der Waals surface area (Å²) in [7, 11) is 2.05. The molecule has 1 amide bonds. The van der Waals surface area contributed by atoms with Crippen LogP contribution in [0.1, 0.15) is 21.5 Å². The molecule has 0 spiro atoms. The number of amides is 1. The average Bonchev–Trinajstić information content (AvgIpc) is 2.78.